The molecule has 0 spiro atoms. The van der Waals surface area contributed by atoms with E-state index in [1.807, 2.05) is 11.8 Å². The molecule has 0 aliphatic heterocycles. The van der Waals surface area contributed by atoms with Crippen LogP contribution in [0.3, 0.4) is 0 Å². The topological polar surface area (TPSA) is 20.2 Å². The summed E-state index contributed by atoms with van der Waals surface area (Å²) in [5.74, 6) is 3.57. The monoisotopic (exact) mass is 458 g/mol. The van der Waals surface area contributed by atoms with Crippen LogP contribution in [0.4, 0.5) is 0 Å². The molecule has 0 bridgehead atoms. The molecule has 3 heteroatoms. The number of rotatable bonds is 14. The van der Waals surface area contributed by atoms with Crippen LogP contribution in [0.15, 0.2) is 46.2 Å². The fraction of sp³-hybridized carbons (Fsp3) is 0.643. The number of benzene rings is 1. The highest BCUT2D eigenvalue weighted by Crippen LogP contribution is 2.40. The Kier molecular flexibility index (Phi) is 14.3. The van der Waals surface area contributed by atoms with E-state index in [-0.39, 0.29) is 0 Å². The molecule has 1 nitrogen and oxygen atoms in total. The number of aliphatic hydroxyl groups excluding tert-OH is 1. The van der Waals surface area contributed by atoms with Crippen LogP contribution in [-0.4, -0.2) is 19.8 Å². The maximum atomic E-state index is 8.88. The fourth-order valence-electron chi connectivity index (χ4n) is 4.76. The minimum atomic E-state index is -1.68. The molecule has 0 unspecified atom stereocenters. The Morgan fingerprint density at radius 3 is 1.87 bits per heavy atom. The molecule has 0 amide bonds. The van der Waals surface area contributed by atoms with Gasteiger partial charge in [-0.2, -0.15) is 0 Å². The number of allylic oxidation sites excluding steroid dienone is 2. The van der Waals surface area contributed by atoms with Gasteiger partial charge >= 0.3 is 0 Å². The van der Waals surface area contributed by atoms with E-state index in [1.54, 1.807) is 0 Å². The van der Waals surface area contributed by atoms with Crippen LogP contribution >= 0.6 is 11.8 Å². The molecular formula is C28H46OSSi. The van der Waals surface area contributed by atoms with Gasteiger partial charge in [-0.3, -0.25) is 0 Å². The standard InChI is InChI=1S/C28H46OSSi/c1-24(2)31(25(3)4,26(5)6)23-17-21-28(30-27-19-14-12-15-20-27)18-13-10-8-7-9-11-16-22-29/h12,14-15,19-21,24-26,29H,7-11,13,16,18,22H2,1-6H3/b28-21-. The smallest absolute Gasteiger partial charge is 0.146 e. The van der Waals surface area contributed by atoms with E-state index in [4.69, 9.17) is 5.11 Å². The molecule has 0 atom stereocenters. The van der Waals surface area contributed by atoms with Crippen molar-refractivity contribution >= 4 is 19.8 Å². The third-order valence-electron chi connectivity index (χ3n) is 6.46. The number of hydrogen-bond donors (Lipinski definition) is 1. The Morgan fingerprint density at radius 2 is 1.35 bits per heavy atom. The molecular weight excluding hydrogens is 412 g/mol. The van der Waals surface area contributed by atoms with Gasteiger partial charge in [0.1, 0.15) is 8.07 Å². The van der Waals surface area contributed by atoms with E-state index in [9.17, 15) is 0 Å². The van der Waals surface area contributed by atoms with Crippen molar-refractivity contribution in [1.82, 2.24) is 0 Å². The van der Waals surface area contributed by atoms with E-state index < -0.39 is 8.07 Å². The lowest BCUT2D eigenvalue weighted by Gasteiger charge is -2.38. The molecule has 1 rings (SSSR count). The van der Waals surface area contributed by atoms with Gasteiger partial charge in [-0.05, 0) is 59.0 Å². The summed E-state index contributed by atoms with van der Waals surface area (Å²) in [6.45, 7) is 14.6. The average Bonchev–Trinajstić information content (AvgIpc) is 2.72. The van der Waals surface area contributed by atoms with Crippen molar-refractivity contribution in [2.75, 3.05) is 6.61 Å². The third kappa shape index (κ3) is 10.0. The lowest BCUT2D eigenvalue weighted by atomic mass is 10.1. The average molecular weight is 459 g/mol. The van der Waals surface area contributed by atoms with Crippen LogP contribution in [0.2, 0.25) is 16.6 Å². The first-order valence-corrected chi connectivity index (χ1v) is 15.4. The van der Waals surface area contributed by atoms with E-state index in [1.165, 1.54) is 41.9 Å². The number of unbranched alkanes of at least 4 members (excludes halogenated alkanes) is 6. The highest BCUT2D eigenvalue weighted by molar-refractivity contribution is 8.03. The molecule has 1 aromatic carbocycles. The Hall–Kier alpha value is -0.953. The number of aliphatic hydroxyl groups is 1. The Labute approximate surface area is 198 Å². The van der Waals surface area contributed by atoms with Crippen molar-refractivity contribution in [1.29, 1.82) is 0 Å². The zero-order valence-corrected chi connectivity index (χ0v) is 22.7. The second-order valence-electron chi connectivity index (χ2n) is 9.64. The van der Waals surface area contributed by atoms with Crippen molar-refractivity contribution in [2.45, 2.75) is 114 Å². The van der Waals surface area contributed by atoms with Crippen molar-refractivity contribution in [2.24, 2.45) is 0 Å². The Morgan fingerprint density at radius 1 is 0.839 bits per heavy atom. The molecule has 1 N–H and O–H groups in total. The second-order valence-corrected chi connectivity index (χ2v) is 16.4. The lowest BCUT2D eigenvalue weighted by molar-refractivity contribution is 0.282. The van der Waals surface area contributed by atoms with E-state index in [2.05, 4.69) is 89.4 Å². The molecule has 0 radical (unpaired) electrons. The normalized spacial score (nSPS) is 12.5. The first-order valence-electron chi connectivity index (χ1n) is 12.4. The zero-order valence-electron chi connectivity index (χ0n) is 20.9. The van der Waals surface area contributed by atoms with Gasteiger partial charge < -0.3 is 5.11 Å². The summed E-state index contributed by atoms with van der Waals surface area (Å²) in [5, 5.41) is 8.88. The third-order valence-corrected chi connectivity index (χ3v) is 13.9. The summed E-state index contributed by atoms with van der Waals surface area (Å²) in [4.78, 5) is 2.71. The number of thioether (sulfide) groups is 1. The van der Waals surface area contributed by atoms with Gasteiger partial charge in [0.25, 0.3) is 0 Å². The maximum absolute atomic E-state index is 8.88. The molecule has 31 heavy (non-hydrogen) atoms. The SMILES string of the molecule is CC(C)[Si](C#C/C=C(/CCCCCCCCCO)Sc1ccccc1)(C(C)C)C(C)C. The van der Waals surface area contributed by atoms with E-state index >= 15 is 0 Å². The van der Waals surface area contributed by atoms with E-state index in [0.29, 0.717) is 23.2 Å². The summed E-state index contributed by atoms with van der Waals surface area (Å²) in [7, 11) is -1.68. The summed E-state index contributed by atoms with van der Waals surface area (Å²) in [5.41, 5.74) is 5.87. The highest BCUT2D eigenvalue weighted by Gasteiger charge is 2.41. The van der Waals surface area contributed by atoms with Crippen LogP contribution in [0.1, 0.15) is 92.9 Å². The predicted octanol–water partition coefficient (Wildman–Crippen LogP) is 9.00. The van der Waals surface area contributed by atoms with Crippen LogP contribution in [-0.2, 0) is 0 Å². The van der Waals surface area contributed by atoms with Crippen molar-refractivity contribution in [3.05, 3.63) is 41.3 Å². The van der Waals surface area contributed by atoms with Gasteiger partial charge in [-0.15, -0.1) is 5.54 Å². The molecule has 0 heterocycles. The molecule has 1 aromatic rings. The summed E-state index contributed by atoms with van der Waals surface area (Å²) < 4.78 is 0. The first-order chi connectivity index (χ1) is 14.8. The van der Waals surface area contributed by atoms with Crippen LogP contribution in [0.5, 0.6) is 0 Å². The summed E-state index contributed by atoms with van der Waals surface area (Å²) >= 11 is 1.89. The molecule has 0 aliphatic rings. The molecule has 0 aliphatic carbocycles. The van der Waals surface area contributed by atoms with Gasteiger partial charge in [0.15, 0.2) is 0 Å². The fourth-order valence-corrected chi connectivity index (χ4v) is 10.9. The van der Waals surface area contributed by atoms with Gasteiger partial charge in [0, 0.05) is 11.5 Å². The van der Waals surface area contributed by atoms with Gasteiger partial charge in [0.05, 0.1) is 0 Å². The molecule has 0 fully saturated rings. The van der Waals surface area contributed by atoms with Gasteiger partial charge in [-0.1, -0.05) is 110 Å². The molecule has 174 valence electrons. The van der Waals surface area contributed by atoms with Gasteiger partial charge in [0.2, 0.25) is 0 Å². The van der Waals surface area contributed by atoms with Crippen LogP contribution in [0.25, 0.3) is 0 Å². The summed E-state index contributed by atoms with van der Waals surface area (Å²) in [6.07, 6.45) is 11.8. The lowest BCUT2D eigenvalue weighted by Crippen LogP contribution is -2.43. The minimum absolute atomic E-state index is 0.334. The van der Waals surface area contributed by atoms with Crippen molar-refractivity contribution in [3.63, 3.8) is 0 Å². The molecule has 0 saturated carbocycles. The Balaban J connectivity index is 2.84. The highest BCUT2D eigenvalue weighted by atomic mass is 32.2. The van der Waals surface area contributed by atoms with E-state index in [0.717, 1.165) is 19.3 Å². The maximum Gasteiger partial charge on any atom is 0.146 e. The molecule has 0 aromatic heterocycles. The Bertz CT molecular complexity index is 660. The van der Waals surface area contributed by atoms with Crippen LogP contribution in [0, 0.1) is 11.5 Å². The second kappa shape index (κ2) is 15.8. The minimum Gasteiger partial charge on any atom is -0.396 e. The summed E-state index contributed by atoms with van der Waals surface area (Å²) in [6, 6.07) is 10.7. The first kappa shape index (κ1) is 28.1. The van der Waals surface area contributed by atoms with Gasteiger partial charge in [-0.25, -0.2) is 0 Å². The quantitative estimate of drug-likeness (QED) is 0.130. The zero-order chi connectivity index (χ0) is 23.1. The van der Waals surface area contributed by atoms with Crippen LogP contribution < -0.4 is 0 Å². The van der Waals surface area contributed by atoms with Crippen molar-refractivity contribution < 1.29 is 5.11 Å². The van der Waals surface area contributed by atoms with Crippen molar-refractivity contribution in [3.8, 4) is 11.5 Å². The molecule has 0 saturated heterocycles. The predicted molar refractivity (Wildman–Crippen MR) is 143 cm³/mol. The number of hydrogen-bond acceptors (Lipinski definition) is 2. The largest absolute Gasteiger partial charge is 0.396 e.